The quantitative estimate of drug-likeness (QED) is 0.858. The largest absolute Gasteiger partial charge is 0.282 e. The number of benzene rings is 1. The molecule has 20 heavy (non-hydrogen) atoms. The Morgan fingerprint density at radius 1 is 1.15 bits per heavy atom. The molecule has 0 bridgehead atoms. The van der Waals surface area contributed by atoms with Gasteiger partial charge in [-0.2, -0.15) is 0 Å². The Kier molecular flexibility index (Phi) is 3.50. The lowest BCUT2D eigenvalue weighted by Crippen LogP contribution is -2.34. The summed E-state index contributed by atoms with van der Waals surface area (Å²) in [6, 6.07) is 8.26. The summed E-state index contributed by atoms with van der Waals surface area (Å²) in [5.74, 6) is 0. The average molecular weight is 272 g/mol. The van der Waals surface area contributed by atoms with Gasteiger partial charge in [0.25, 0.3) is 0 Å². The van der Waals surface area contributed by atoms with Crippen LogP contribution in [0.3, 0.4) is 0 Å². The van der Waals surface area contributed by atoms with Gasteiger partial charge in [-0.15, -0.1) is 5.10 Å². The molecule has 3 rings (SSSR count). The third kappa shape index (κ3) is 2.70. The van der Waals surface area contributed by atoms with E-state index in [0.717, 1.165) is 17.5 Å². The molecule has 108 valence electrons. The fourth-order valence-electron chi connectivity index (χ4n) is 3.06. The van der Waals surface area contributed by atoms with Crippen LogP contribution >= 0.6 is 0 Å². The van der Waals surface area contributed by atoms with Crippen LogP contribution in [0, 0.1) is 5.41 Å². The van der Waals surface area contributed by atoms with Gasteiger partial charge in [-0.1, -0.05) is 38.1 Å². The van der Waals surface area contributed by atoms with Gasteiger partial charge < -0.3 is 0 Å². The third-order valence-corrected chi connectivity index (χ3v) is 4.02. The van der Waals surface area contributed by atoms with Crippen LogP contribution in [0.15, 0.2) is 24.3 Å². The molecule has 1 saturated heterocycles. The van der Waals surface area contributed by atoms with Gasteiger partial charge in [0.1, 0.15) is 11.7 Å². The van der Waals surface area contributed by atoms with Crippen LogP contribution in [0.4, 0.5) is 0 Å². The van der Waals surface area contributed by atoms with Crippen molar-refractivity contribution in [2.45, 2.75) is 46.2 Å². The molecule has 4 heteroatoms. The highest BCUT2D eigenvalue weighted by Crippen LogP contribution is 2.33. The summed E-state index contributed by atoms with van der Waals surface area (Å²) in [6.07, 6.45) is 4.02. The first-order valence-electron chi connectivity index (χ1n) is 7.59. The first-order chi connectivity index (χ1) is 9.54. The molecular formula is C16H24N4. The van der Waals surface area contributed by atoms with Crippen LogP contribution in [0.25, 0.3) is 11.0 Å². The molecule has 1 aromatic carbocycles. The molecule has 2 heterocycles. The first-order valence-corrected chi connectivity index (χ1v) is 7.59. The van der Waals surface area contributed by atoms with Crippen molar-refractivity contribution in [1.82, 2.24) is 19.9 Å². The van der Waals surface area contributed by atoms with Crippen LogP contribution in [0.1, 0.15) is 46.2 Å². The van der Waals surface area contributed by atoms with Crippen molar-refractivity contribution in [3.8, 4) is 0 Å². The minimum Gasteiger partial charge on any atom is -0.282 e. The fourth-order valence-corrected chi connectivity index (χ4v) is 3.06. The minimum atomic E-state index is 0.278. The van der Waals surface area contributed by atoms with Crippen LogP contribution < -0.4 is 0 Å². The van der Waals surface area contributed by atoms with Crippen molar-refractivity contribution in [3.63, 3.8) is 0 Å². The number of fused-ring (bicyclic) bond motifs is 1. The predicted molar refractivity (Wildman–Crippen MR) is 81.4 cm³/mol. The van der Waals surface area contributed by atoms with Gasteiger partial charge in [0, 0.05) is 13.1 Å². The molecule has 1 aliphatic heterocycles. The molecule has 0 saturated carbocycles. The Hall–Kier alpha value is -1.42. The van der Waals surface area contributed by atoms with Gasteiger partial charge in [0.15, 0.2) is 0 Å². The number of rotatable bonds is 3. The highest BCUT2D eigenvalue weighted by atomic mass is 15.5. The van der Waals surface area contributed by atoms with E-state index >= 15 is 0 Å². The summed E-state index contributed by atoms with van der Waals surface area (Å²) in [5, 5.41) is 8.78. The lowest BCUT2D eigenvalue weighted by atomic mass is 9.90. The summed E-state index contributed by atoms with van der Waals surface area (Å²) in [7, 11) is 0. The molecule has 1 aliphatic rings. The second kappa shape index (κ2) is 5.17. The van der Waals surface area contributed by atoms with Crippen molar-refractivity contribution in [2.75, 3.05) is 13.1 Å². The van der Waals surface area contributed by atoms with Crippen LogP contribution in [0.5, 0.6) is 0 Å². The van der Waals surface area contributed by atoms with Crippen LogP contribution in [-0.2, 0) is 0 Å². The second-order valence-corrected chi connectivity index (χ2v) is 7.01. The average Bonchev–Trinajstić information content (AvgIpc) is 3.05. The van der Waals surface area contributed by atoms with E-state index in [1.54, 1.807) is 0 Å². The normalized spacial score (nSPS) is 18.8. The van der Waals surface area contributed by atoms with Gasteiger partial charge in [0.05, 0.1) is 5.52 Å². The Morgan fingerprint density at radius 3 is 2.55 bits per heavy atom. The summed E-state index contributed by atoms with van der Waals surface area (Å²) >= 11 is 0. The van der Waals surface area contributed by atoms with E-state index in [-0.39, 0.29) is 5.41 Å². The van der Waals surface area contributed by atoms with E-state index in [1.165, 1.54) is 25.9 Å². The predicted octanol–water partition coefficient (Wildman–Crippen LogP) is 3.46. The van der Waals surface area contributed by atoms with E-state index in [2.05, 4.69) is 52.8 Å². The first kappa shape index (κ1) is 13.6. The van der Waals surface area contributed by atoms with Gasteiger partial charge in [-0.25, -0.2) is 4.68 Å². The molecule has 0 N–H and O–H groups in total. The zero-order valence-electron chi connectivity index (χ0n) is 12.7. The Morgan fingerprint density at radius 2 is 1.85 bits per heavy atom. The van der Waals surface area contributed by atoms with Gasteiger partial charge in [0.2, 0.25) is 0 Å². The second-order valence-electron chi connectivity index (χ2n) is 7.01. The van der Waals surface area contributed by atoms with Gasteiger partial charge in [-0.05, 0) is 36.8 Å². The molecule has 0 spiro atoms. The molecule has 4 nitrogen and oxygen atoms in total. The molecule has 0 aliphatic carbocycles. The number of hydrogen-bond donors (Lipinski definition) is 0. The van der Waals surface area contributed by atoms with Crippen LogP contribution in [0.2, 0.25) is 0 Å². The molecule has 1 atom stereocenters. The maximum Gasteiger partial charge on any atom is 0.113 e. The molecule has 1 unspecified atom stereocenters. The Bertz CT molecular complexity index is 575. The van der Waals surface area contributed by atoms with Crippen molar-refractivity contribution in [2.24, 2.45) is 5.41 Å². The monoisotopic (exact) mass is 272 g/mol. The minimum absolute atomic E-state index is 0.278. The number of aromatic nitrogens is 3. The van der Waals surface area contributed by atoms with Crippen molar-refractivity contribution in [1.29, 1.82) is 0 Å². The number of nitrogens with zero attached hydrogens (tertiary/aromatic N) is 4. The van der Waals surface area contributed by atoms with E-state index in [0.29, 0.717) is 6.17 Å². The number of para-hydroxylation sites is 1. The summed E-state index contributed by atoms with van der Waals surface area (Å²) in [4.78, 5) is 2.56. The summed E-state index contributed by atoms with van der Waals surface area (Å²) in [5.41, 5.74) is 2.42. The maximum atomic E-state index is 4.45. The summed E-state index contributed by atoms with van der Waals surface area (Å²) < 4.78 is 2.13. The van der Waals surface area contributed by atoms with Crippen molar-refractivity contribution in [3.05, 3.63) is 24.3 Å². The van der Waals surface area contributed by atoms with E-state index < -0.39 is 0 Å². The zero-order chi connectivity index (χ0) is 14.2. The third-order valence-electron chi connectivity index (χ3n) is 4.02. The fraction of sp³-hybridized carbons (Fsp3) is 0.625. The number of likely N-dealkylation sites (tertiary alicyclic amines) is 1. The van der Waals surface area contributed by atoms with Crippen molar-refractivity contribution >= 4 is 11.0 Å². The van der Waals surface area contributed by atoms with E-state index in [1.807, 2.05) is 12.1 Å². The highest BCUT2D eigenvalue weighted by molar-refractivity contribution is 5.73. The lowest BCUT2D eigenvalue weighted by molar-refractivity contribution is 0.112. The zero-order valence-corrected chi connectivity index (χ0v) is 12.7. The maximum absolute atomic E-state index is 4.45. The molecule has 2 aromatic rings. The molecule has 1 aromatic heterocycles. The highest BCUT2D eigenvalue weighted by Gasteiger charge is 2.29. The van der Waals surface area contributed by atoms with Gasteiger partial charge in [-0.3, -0.25) is 4.90 Å². The van der Waals surface area contributed by atoms with Crippen LogP contribution in [-0.4, -0.2) is 33.0 Å². The van der Waals surface area contributed by atoms with Gasteiger partial charge >= 0.3 is 0 Å². The number of hydrogen-bond acceptors (Lipinski definition) is 3. The van der Waals surface area contributed by atoms with E-state index in [9.17, 15) is 0 Å². The standard InChI is InChI=1S/C16H24N4/c1-16(2,3)12-15(19-10-6-7-11-19)20-14-9-5-4-8-13(14)17-18-20/h4-5,8-9,15H,6-7,10-12H2,1-3H3. The molecule has 0 amide bonds. The molecular weight excluding hydrogens is 248 g/mol. The van der Waals surface area contributed by atoms with E-state index in [4.69, 9.17) is 0 Å². The molecule has 1 fully saturated rings. The van der Waals surface area contributed by atoms with Crippen molar-refractivity contribution < 1.29 is 0 Å². The molecule has 0 radical (unpaired) electrons. The SMILES string of the molecule is CC(C)(C)CC(N1CCCC1)n1nnc2ccccc21. The lowest BCUT2D eigenvalue weighted by Gasteiger charge is -2.33. The smallest absolute Gasteiger partial charge is 0.113 e. The Labute approximate surface area is 120 Å². The topological polar surface area (TPSA) is 34.0 Å². The summed E-state index contributed by atoms with van der Waals surface area (Å²) in [6.45, 7) is 9.25. The Balaban J connectivity index is 1.99.